The topological polar surface area (TPSA) is 45.7 Å². The molecule has 0 bridgehead atoms. The molecule has 1 aromatic carbocycles. The molecular formula is C14H22BrN3O. The van der Waals surface area contributed by atoms with E-state index in [9.17, 15) is 0 Å². The quantitative estimate of drug-likeness (QED) is 0.480. The van der Waals surface area contributed by atoms with E-state index in [0.717, 1.165) is 22.6 Å². The molecule has 1 aromatic rings. The number of rotatable bonds is 6. The highest BCUT2D eigenvalue weighted by Gasteiger charge is 2.02. The molecule has 106 valence electrons. The number of ether oxygens (including phenoxy) is 1. The highest BCUT2D eigenvalue weighted by molar-refractivity contribution is 9.10. The van der Waals surface area contributed by atoms with Gasteiger partial charge in [-0.2, -0.15) is 0 Å². The molecule has 1 unspecified atom stereocenters. The summed E-state index contributed by atoms with van der Waals surface area (Å²) in [4.78, 5) is 4.17. The molecule has 0 heterocycles. The Kier molecular flexibility index (Phi) is 7.33. The van der Waals surface area contributed by atoms with Gasteiger partial charge in [0.2, 0.25) is 0 Å². The Labute approximate surface area is 123 Å². The Morgan fingerprint density at radius 3 is 2.89 bits per heavy atom. The van der Waals surface area contributed by atoms with Crippen molar-refractivity contribution in [1.29, 1.82) is 0 Å². The van der Waals surface area contributed by atoms with Gasteiger partial charge in [-0.15, -0.1) is 0 Å². The van der Waals surface area contributed by atoms with Crippen LogP contribution in [0.4, 0.5) is 0 Å². The third-order valence-corrected chi connectivity index (χ3v) is 3.17. The number of hydrogen-bond acceptors (Lipinski definition) is 2. The number of benzene rings is 1. The molecule has 0 aromatic heterocycles. The van der Waals surface area contributed by atoms with E-state index in [1.807, 2.05) is 24.3 Å². The smallest absolute Gasteiger partial charge is 0.191 e. The van der Waals surface area contributed by atoms with Gasteiger partial charge >= 0.3 is 0 Å². The van der Waals surface area contributed by atoms with Gasteiger partial charge < -0.3 is 15.4 Å². The van der Waals surface area contributed by atoms with Gasteiger partial charge in [0.25, 0.3) is 0 Å². The van der Waals surface area contributed by atoms with Crippen molar-refractivity contribution in [3.8, 4) is 5.75 Å². The fraction of sp³-hybridized carbons (Fsp3) is 0.500. The van der Waals surface area contributed by atoms with Crippen molar-refractivity contribution < 1.29 is 4.74 Å². The van der Waals surface area contributed by atoms with E-state index in [0.29, 0.717) is 19.2 Å². The van der Waals surface area contributed by atoms with E-state index >= 15 is 0 Å². The van der Waals surface area contributed by atoms with Crippen LogP contribution in [0.15, 0.2) is 33.7 Å². The van der Waals surface area contributed by atoms with Crippen LogP contribution in [0.1, 0.15) is 20.3 Å². The SMILES string of the molecule is CCC(C)NC(=NC)NCCOc1cccc(Br)c1. The Balaban J connectivity index is 2.26. The molecule has 5 heteroatoms. The lowest BCUT2D eigenvalue weighted by Crippen LogP contribution is -2.43. The van der Waals surface area contributed by atoms with Crippen LogP contribution in [0, 0.1) is 0 Å². The van der Waals surface area contributed by atoms with Crippen LogP contribution >= 0.6 is 15.9 Å². The molecule has 19 heavy (non-hydrogen) atoms. The van der Waals surface area contributed by atoms with Crippen molar-refractivity contribution in [1.82, 2.24) is 10.6 Å². The molecule has 0 amide bonds. The number of hydrogen-bond donors (Lipinski definition) is 2. The second-order valence-corrected chi connectivity index (χ2v) is 5.17. The predicted molar refractivity (Wildman–Crippen MR) is 83.9 cm³/mol. The van der Waals surface area contributed by atoms with Crippen molar-refractivity contribution in [2.75, 3.05) is 20.2 Å². The Hall–Kier alpha value is -1.23. The van der Waals surface area contributed by atoms with E-state index in [-0.39, 0.29) is 0 Å². The van der Waals surface area contributed by atoms with E-state index in [4.69, 9.17) is 4.74 Å². The van der Waals surface area contributed by atoms with Gasteiger partial charge in [0, 0.05) is 17.6 Å². The number of guanidine groups is 1. The maximum Gasteiger partial charge on any atom is 0.191 e. The zero-order valence-corrected chi connectivity index (χ0v) is 13.3. The molecule has 0 spiro atoms. The van der Waals surface area contributed by atoms with Gasteiger partial charge in [0.05, 0.1) is 6.54 Å². The van der Waals surface area contributed by atoms with Gasteiger partial charge in [-0.3, -0.25) is 4.99 Å². The highest BCUT2D eigenvalue weighted by Crippen LogP contribution is 2.17. The molecule has 0 aliphatic carbocycles. The van der Waals surface area contributed by atoms with Crippen molar-refractivity contribution >= 4 is 21.9 Å². The summed E-state index contributed by atoms with van der Waals surface area (Å²) in [5.74, 6) is 1.67. The fourth-order valence-electron chi connectivity index (χ4n) is 1.43. The van der Waals surface area contributed by atoms with Crippen molar-refractivity contribution in [2.24, 2.45) is 4.99 Å². The second-order valence-electron chi connectivity index (χ2n) is 4.26. The molecule has 1 atom stereocenters. The molecule has 2 N–H and O–H groups in total. The minimum absolute atomic E-state index is 0.414. The maximum atomic E-state index is 5.64. The Bertz CT molecular complexity index is 409. The molecule has 4 nitrogen and oxygen atoms in total. The monoisotopic (exact) mass is 327 g/mol. The Morgan fingerprint density at radius 2 is 2.26 bits per heavy atom. The average Bonchev–Trinajstić information content (AvgIpc) is 2.42. The van der Waals surface area contributed by atoms with Crippen LogP contribution in [0.2, 0.25) is 0 Å². The molecule has 0 saturated heterocycles. The molecule has 1 rings (SSSR count). The van der Waals surface area contributed by atoms with Crippen LogP contribution in [0.3, 0.4) is 0 Å². The first-order valence-corrected chi connectivity index (χ1v) is 7.30. The summed E-state index contributed by atoms with van der Waals surface area (Å²) in [6, 6.07) is 8.24. The number of aliphatic imine (C=N–C) groups is 1. The minimum Gasteiger partial charge on any atom is -0.492 e. The largest absolute Gasteiger partial charge is 0.492 e. The van der Waals surface area contributed by atoms with Gasteiger partial charge in [-0.05, 0) is 31.5 Å². The van der Waals surface area contributed by atoms with Gasteiger partial charge in [-0.25, -0.2) is 0 Å². The summed E-state index contributed by atoms with van der Waals surface area (Å²) in [5, 5.41) is 6.52. The minimum atomic E-state index is 0.414. The van der Waals surface area contributed by atoms with Crippen LogP contribution in [0.5, 0.6) is 5.75 Å². The van der Waals surface area contributed by atoms with E-state index in [2.05, 4.69) is 45.4 Å². The third kappa shape index (κ3) is 6.47. The predicted octanol–water partition coefficient (Wildman–Crippen LogP) is 2.79. The molecule has 0 saturated carbocycles. The molecule has 0 aliphatic heterocycles. The van der Waals surface area contributed by atoms with Gasteiger partial charge in [0.15, 0.2) is 5.96 Å². The van der Waals surface area contributed by atoms with Gasteiger partial charge in [0.1, 0.15) is 12.4 Å². The summed E-state index contributed by atoms with van der Waals surface area (Å²) >= 11 is 3.42. The van der Waals surface area contributed by atoms with Crippen LogP contribution in [-0.2, 0) is 0 Å². The molecule has 0 fully saturated rings. The number of halogens is 1. The van der Waals surface area contributed by atoms with E-state index in [1.54, 1.807) is 7.05 Å². The summed E-state index contributed by atoms with van der Waals surface area (Å²) in [7, 11) is 1.77. The van der Waals surface area contributed by atoms with E-state index in [1.165, 1.54) is 0 Å². The van der Waals surface area contributed by atoms with Crippen LogP contribution in [-0.4, -0.2) is 32.2 Å². The standard InChI is InChI=1S/C14H22BrN3O/c1-4-11(2)18-14(16-3)17-8-9-19-13-7-5-6-12(15)10-13/h5-7,10-11H,4,8-9H2,1-3H3,(H2,16,17,18). The molecule has 0 aliphatic rings. The lowest BCUT2D eigenvalue weighted by atomic mass is 10.3. The zero-order valence-electron chi connectivity index (χ0n) is 11.7. The highest BCUT2D eigenvalue weighted by atomic mass is 79.9. The van der Waals surface area contributed by atoms with Crippen molar-refractivity contribution in [3.63, 3.8) is 0 Å². The van der Waals surface area contributed by atoms with Crippen molar-refractivity contribution in [3.05, 3.63) is 28.7 Å². The summed E-state index contributed by atoms with van der Waals surface area (Å²) in [5.41, 5.74) is 0. The first-order chi connectivity index (χ1) is 9.15. The lowest BCUT2D eigenvalue weighted by molar-refractivity contribution is 0.321. The van der Waals surface area contributed by atoms with Crippen LogP contribution in [0.25, 0.3) is 0 Å². The van der Waals surface area contributed by atoms with Crippen LogP contribution < -0.4 is 15.4 Å². The normalized spacial score (nSPS) is 12.9. The maximum absolute atomic E-state index is 5.64. The Morgan fingerprint density at radius 1 is 1.47 bits per heavy atom. The fourth-order valence-corrected chi connectivity index (χ4v) is 1.80. The van der Waals surface area contributed by atoms with Gasteiger partial charge in [-0.1, -0.05) is 28.9 Å². The summed E-state index contributed by atoms with van der Waals surface area (Å²) in [6.07, 6.45) is 1.06. The molecular weight excluding hydrogens is 306 g/mol. The second kappa shape index (κ2) is 8.80. The third-order valence-electron chi connectivity index (χ3n) is 2.68. The lowest BCUT2D eigenvalue weighted by Gasteiger charge is -2.16. The molecule has 0 radical (unpaired) electrons. The average molecular weight is 328 g/mol. The van der Waals surface area contributed by atoms with Crippen molar-refractivity contribution in [2.45, 2.75) is 26.3 Å². The summed E-state index contributed by atoms with van der Waals surface area (Å²) in [6.45, 7) is 5.58. The first kappa shape index (κ1) is 15.8. The van der Waals surface area contributed by atoms with E-state index < -0.39 is 0 Å². The summed E-state index contributed by atoms with van der Waals surface area (Å²) < 4.78 is 6.66. The first-order valence-electron chi connectivity index (χ1n) is 6.51. The number of nitrogens with one attached hydrogen (secondary N) is 2. The zero-order chi connectivity index (χ0) is 14.1. The number of nitrogens with zero attached hydrogens (tertiary/aromatic N) is 1.